The zero-order chi connectivity index (χ0) is 17.3. The van der Waals surface area contributed by atoms with Crippen LogP contribution in [0.5, 0.6) is 0 Å². The second-order valence-electron chi connectivity index (χ2n) is 6.93. The number of fused-ring (bicyclic) bond motifs is 1. The van der Waals surface area contributed by atoms with E-state index in [0.717, 1.165) is 17.0 Å². The van der Waals surface area contributed by atoms with Crippen LogP contribution in [0.2, 0.25) is 0 Å². The van der Waals surface area contributed by atoms with Crippen molar-refractivity contribution in [3.63, 3.8) is 0 Å². The van der Waals surface area contributed by atoms with Crippen LogP contribution in [-0.2, 0) is 5.41 Å². The maximum absolute atomic E-state index is 5.12. The zero-order valence-corrected chi connectivity index (χ0v) is 14.6. The summed E-state index contributed by atoms with van der Waals surface area (Å²) in [4.78, 5) is 5.12. The Hall–Kier alpha value is -2.93. The van der Waals surface area contributed by atoms with Crippen molar-refractivity contribution in [2.45, 2.75) is 19.3 Å². The summed E-state index contributed by atoms with van der Waals surface area (Å²) in [7, 11) is 0. The van der Waals surface area contributed by atoms with Gasteiger partial charge in [-0.15, -0.1) is 0 Å². The smallest absolute Gasteiger partial charge is 0.0783 e. The lowest BCUT2D eigenvalue weighted by Gasteiger charge is -2.26. The zero-order valence-electron chi connectivity index (χ0n) is 14.6. The third kappa shape index (κ3) is 2.83. The molecule has 25 heavy (non-hydrogen) atoms. The lowest BCUT2D eigenvalue weighted by Crippen LogP contribution is -2.20. The average Bonchev–Trinajstić information content (AvgIpc) is 2.68. The molecule has 0 aliphatic rings. The molecule has 0 aliphatic heterocycles. The van der Waals surface area contributed by atoms with Crippen molar-refractivity contribution in [3.8, 4) is 11.3 Å². The van der Waals surface area contributed by atoms with Crippen LogP contribution in [0.3, 0.4) is 0 Å². The highest BCUT2D eigenvalue weighted by Gasteiger charge is 2.25. The topological polar surface area (TPSA) is 12.9 Å². The Morgan fingerprint density at radius 1 is 0.680 bits per heavy atom. The van der Waals surface area contributed by atoms with Gasteiger partial charge in [-0.05, 0) is 17.0 Å². The lowest BCUT2D eigenvalue weighted by atomic mass is 9.80. The number of rotatable bonds is 3. The fraction of sp³-hybridized carbons (Fsp3) is 0.125. The van der Waals surface area contributed by atoms with Gasteiger partial charge in [-0.25, -0.2) is 0 Å². The molecule has 4 rings (SSSR count). The van der Waals surface area contributed by atoms with Crippen LogP contribution in [0.15, 0.2) is 91.0 Å². The fourth-order valence-corrected chi connectivity index (χ4v) is 3.34. The van der Waals surface area contributed by atoms with Gasteiger partial charge < -0.3 is 0 Å². The van der Waals surface area contributed by atoms with E-state index in [4.69, 9.17) is 4.98 Å². The summed E-state index contributed by atoms with van der Waals surface area (Å²) in [5.74, 6) is 0. The molecule has 0 fully saturated rings. The van der Waals surface area contributed by atoms with Gasteiger partial charge in [0.25, 0.3) is 0 Å². The van der Waals surface area contributed by atoms with E-state index >= 15 is 0 Å². The van der Waals surface area contributed by atoms with E-state index in [-0.39, 0.29) is 5.41 Å². The van der Waals surface area contributed by atoms with Gasteiger partial charge in [-0.2, -0.15) is 0 Å². The van der Waals surface area contributed by atoms with Crippen molar-refractivity contribution in [1.82, 2.24) is 4.98 Å². The first-order valence-electron chi connectivity index (χ1n) is 8.67. The predicted octanol–water partition coefficient (Wildman–Crippen LogP) is 6.23. The molecule has 0 unspecified atom stereocenters. The minimum atomic E-state index is -0.158. The molecule has 0 radical (unpaired) electrons. The molecular weight excluding hydrogens is 302 g/mol. The number of aromatic nitrogens is 1. The number of benzene rings is 3. The van der Waals surface area contributed by atoms with Crippen LogP contribution in [0.1, 0.15) is 25.1 Å². The molecule has 0 atom stereocenters. The summed E-state index contributed by atoms with van der Waals surface area (Å²) in [5, 5.41) is 2.43. The molecule has 1 aromatic heterocycles. The Labute approximate surface area is 149 Å². The maximum Gasteiger partial charge on any atom is 0.0783 e. The predicted molar refractivity (Wildman–Crippen MR) is 106 cm³/mol. The van der Waals surface area contributed by atoms with Crippen LogP contribution in [0.25, 0.3) is 22.0 Å². The van der Waals surface area contributed by atoms with Gasteiger partial charge in [-0.1, -0.05) is 98.8 Å². The second-order valence-corrected chi connectivity index (χ2v) is 6.93. The molecular formula is C24H21N. The molecule has 3 aromatic carbocycles. The average molecular weight is 323 g/mol. The van der Waals surface area contributed by atoms with Crippen LogP contribution in [-0.4, -0.2) is 4.98 Å². The van der Waals surface area contributed by atoms with E-state index in [1.165, 1.54) is 16.3 Å². The molecule has 122 valence electrons. The summed E-state index contributed by atoms with van der Waals surface area (Å²) < 4.78 is 0. The molecule has 0 spiro atoms. The Balaban J connectivity index is 1.97. The Kier molecular flexibility index (Phi) is 3.85. The van der Waals surface area contributed by atoms with E-state index in [1.54, 1.807) is 0 Å². The van der Waals surface area contributed by atoms with Gasteiger partial charge in [-0.3, -0.25) is 4.98 Å². The highest BCUT2D eigenvalue weighted by Crippen LogP contribution is 2.35. The van der Waals surface area contributed by atoms with Crippen molar-refractivity contribution < 1.29 is 0 Å². The molecule has 0 amide bonds. The SMILES string of the molecule is CC(C)(c1ccccc1)c1cc2ccccc2c(-c2ccccc2)n1. The molecule has 1 nitrogen and oxygen atoms in total. The highest BCUT2D eigenvalue weighted by atomic mass is 14.7. The molecule has 0 N–H and O–H groups in total. The van der Waals surface area contributed by atoms with Gasteiger partial charge in [0.15, 0.2) is 0 Å². The van der Waals surface area contributed by atoms with Gasteiger partial charge >= 0.3 is 0 Å². The van der Waals surface area contributed by atoms with Gasteiger partial charge in [0, 0.05) is 16.4 Å². The molecule has 4 aromatic rings. The van der Waals surface area contributed by atoms with Crippen molar-refractivity contribution in [2.24, 2.45) is 0 Å². The number of nitrogens with zero attached hydrogens (tertiary/aromatic N) is 1. The third-order valence-corrected chi connectivity index (χ3v) is 4.92. The standard InChI is InChI=1S/C24H21N/c1-24(2,20-14-7-4-8-15-20)22-17-19-13-9-10-16-21(19)23(25-22)18-11-5-3-6-12-18/h3-17H,1-2H3. The summed E-state index contributed by atoms with van der Waals surface area (Å²) >= 11 is 0. The third-order valence-electron chi connectivity index (χ3n) is 4.92. The Morgan fingerprint density at radius 2 is 1.28 bits per heavy atom. The highest BCUT2D eigenvalue weighted by molar-refractivity contribution is 5.95. The van der Waals surface area contributed by atoms with Crippen LogP contribution < -0.4 is 0 Å². The molecule has 1 heterocycles. The molecule has 0 saturated carbocycles. The van der Waals surface area contributed by atoms with Crippen molar-refractivity contribution in [2.75, 3.05) is 0 Å². The number of hydrogen-bond acceptors (Lipinski definition) is 1. The van der Waals surface area contributed by atoms with Crippen LogP contribution >= 0.6 is 0 Å². The van der Waals surface area contributed by atoms with E-state index in [0.29, 0.717) is 0 Å². The first-order valence-corrected chi connectivity index (χ1v) is 8.67. The van der Waals surface area contributed by atoms with Crippen molar-refractivity contribution in [1.29, 1.82) is 0 Å². The van der Waals surface area contributed by atoms with Crippen molar-refractivity contribution in [3.05, 3.63) is 102 Å². The molecule has 0 aliphatic carbocycles. The monoisotopic (exact) mass is 323 g/mol. The largest absolute Gasteiger partial charge is 0.251 e. The summed E-state index contributed by atoms with van der Waals surface area (Å²) in [6.07, 6.45) is 0. The molecule has 1 heteroatoms. The van der Waals surface area contributed by atoms with Gasteiger partial charge in [0.1, 0.15) is 0 Å². The van der Waals surface area contributed by atoms with E-state index < -0.39 is 0 Å². The fourth-order valence-electron chi connectivity index (χ4n) is 3.34. The van der Waals surface area contributed by atoms with Crippen LogP contribution in [0, 0.1) is 0 Å². The van der Waals surface area contributed by atoms with E-state index in [2.05, 4.69) is 98.8 Å². The second kappa shape index (κ2) is 6.18. The van der Waals surface area contributed by atoms with Gasteiger partial charge in [0.2, 0.25) is 0 Å². The number of pyridine rings is 1. The maximum atomic E-state index is 5.12. The number of hydrogen-bond donors (Lipinski definition) is 0. The summed E-state index contributed by atoms with van der Waals surface area (Å²) in [6.45, 7) is 4.49. The first kappa shape index (κ1) is 15.6. The van der Waals surface area contributed by atoms with E-state index in [9.17, 15) is 0 Å². The minimum absolute atomic E-state index is 0.158. The summed E-state index contributed by atoms with van der Waals surface area (Å²) in [5.41, 5.74) is 4.42. The summed E-state index contributed by atoms with van der Waals surface area (Å²) in [6, 6.07) is 31.8. The molecule has 0 bridgehead atoms. The van der Waals surface area contributed by atoms with Crippen molar-refractivity contribution >= 4 is 10.8 Å². The Morgan fingerprint density at radius 3 is 2.00 bits per heavy atom. The van der Waals surface area contributed by atoms with Crippen LogP contribution in [0.4, 0.5) is 0 Å². The lowest BCUT2D eigenvalue weighted by molar-refractivity contribution is 0.619. The first-order chi connectivity index (χ1) is 12.2. The minimum Gasteiger partial charge on any atom is -0.251 e. The quantitative estimate of drug-likeness (QED) is 0.435. The van der Waals surface area contributed by atoms with Gasteiger partial charge in [0.05, 0.1) is 11.4 Å². The molecule has 0 saturated heterocycles. The van der Waals surface area contributed by atoms with E-state index in [1.807, 2.05) is 6.07 Å². The Bertz CT molecular complexity index is 1000. The normalized spacial score (nSPS) is 11.6.